The fourth-order valence-corrected chi connectivity index (χ4v) is 7.53. The summed E-state index contributed by atoms with van der Waals surface area (Å²) < 4.78 is 2.47. The number of pyridine rings is 1. The van der Waals surface area contributed by atoms with Gasteiger partial charge in [-0.15, -0.1) is 0 Å². The van der Waals surface area contributed by atoms with E-state index in [9.17, 15) is 0 Å². The first-order valence-electron chi connectivity index (χ1n) is 16.7. The lowest BCUT2D eigenvalue weighted by molar-refractivity contribution is 1.23. The first kappa shape index (κ1) is 27.5. The molecule has 10 aromatic rings. The lowest BCUT2D eigenvalue weighted by Crippen LogP contribution is -1.96. The second kappa shape index (κ2) is 11.0. The molecule has 7 aromatic carbocycles. The molecule has 0 N–H and O–H groups in total. The number of nitrogens with zero attached hydrogens (tertiary/aromatic N) is 3. The van der Waals surface area contributed by atoms with E-state index in [-0.39, 0.29) is 0 Å². The highest BCUT2D eigenvalue weighted by atomic mass is 14.9. The maximum Gasteiger partial charge on any atom is 0.160 e. The van der Waals surface area contributed by atoms with E-state index in [1.54, 1.807) is 0 Å². The SMILES string of the molecule is c1ccc(-c2ccc3c(-c4ccccc4)c4c5ccccc5c5cc(-c6nc(-c7ccccc7)c7ccccc7n6)ccc5n4c3c2)cc1. The molecule has 49 heavy (non-hydrogen) atoms. The van der Waals surface area contributed by atoms with Gasteiger partial charge in [0.25, 0.3) is 0 Å². The second-order valence-electron chi connectivity index (χ2n) is 12.6. The molecule has 3 heteroatoms. The van der Waals surface area contributed by atoms with Crippen molar-refractivity contribution in [3.05, 3.63) is 176 Å². The van der Waals surface area contributed by atoms with Crippen LogP contribution in [0.25, 0.3) is 93.9 Å². The Hall–Kier alpha value is -6.58. The highest BCUT2D eigenvalue weighted by Crippen LogP contribution is 2.44. The van der Waals surface area contributed by atoms with Crippen molar-refractivity contribution >= 4 is 49.0 Å². The van der Waals surface area contributed by atoms with E-state index in [4.69, 9.17) is 9.97 Å². The normalized spacial score (nSPS) is 11.7. The van der Waals surface area contributed by atoms with Crippen molar-refractivity contribution in [2.24, 2.45) is 0 Å². The molecule has 3 aromatic heterocycles. The van der Waals surface area contributed by atoms with Crippen molar-refractivity contribution in [3.8, 4) is 44.9 Å². The molecule has 0 amide bonds. The number of hydrogen-bond acceptors (Lipinski definition) is 2. The fourth-order valence-electron chi connectivity index (χ4n) is 7.53. The molecular weight excluding hydrogens is 595 g/mol. The van der Waals surface area contributed by atoms with Gasteiger partial charge in [0.05, 0.1) is 27.8 Å². The van der Waals surface area contributed by atoms with Crippen LogP contribution in [-0.2, 0) is 0 Å². The summed E-state index contributed by atoms with van der Waals surface area (Å²) in [5, 5.41) is 5.87. The molecule has 228 valence electrons. The third-order valence-electron chi connectivity index (χ3n) is 9.76. The summed E-state index contributed by atoms with van der Waals surface area (Å²) in [4.78, 5) is 10.3. The zero-order valence-corrected chi connectivity index (χ0v) is 26.6. The van der Waals surface area contributed by atoms with Crippen LogP contribution in [0.2, 0.25) is 0 Å². The van der Waals surface area contributed by atoms with E-state index in [2.05, 4.69) is 168 Å². The Morgan fingerprint density at radius 3 is 1.71 bits per heavy atom. The maximum absolute atomic E-state index is 5.21. The number of aromatic nitrogens is 3. The Morgan fingerprint density at radius 1 is 0.347 bits per heavy atom. The zero-order chi connectivity index (χ0) is 32.3. The fraction of sp³-hybridized carbons (Fsp3) is 0. The molecule has 3 nitrogen and oxygen atoms in total. The molecule has 0 spiro atoms. The minimum absolute atomic E-state index is 0.720. The second-order valence-corrected chi connectivity index (χ2v) is 12.6. The zero-order valence-electron chi connectivity index (χ0n) is 26.6. The van der Waals surface area contributed by atoms with Gasteiger partial charge in [0.1, 0.15) is 0 Å². The van der Waals surface area contributed by atoms with Gasteiger partial charge in [-0.2, -0.15) is 0 Å². The predicted octanol–water partition coefficient (Wildman–Crippen LogP) is 12.0. The summed E-state index contributed by atoms with van der Waals surface area (Å²) >= 11 is 0. The number of rotatable bonds is 4. The van der Waals surface area contributed by atoms with Gasteiger partial charge in [-0.25, -0.2) is 9.97 Å². The summed E-state index contributed by atoms with van der Waals surface area (Å²) in [6.45, 7) is 0. The first-order chi connectivity index (χ1) is 24.3. The van der Waals surface area contributed by atoms with E-state index in [1.807, 2.05) is 12.1 Å². The van der Waals surface area contributed by atoms with Crippen LogP contribution in [0.3, 0.4) is 0 Å². The Kier molecular flexibility index (Phi) is 6.18. The van der Waals surface area contributed by atoms with Gasteiger partial charge in [-0.3, -0.25) is 0 Å². The number of benzene rings is 7. The molecule has 0 fully saturated rings. The van der Waals surface area contributed by atoms with Crippen LogP contribution in [0.4, 0.5) is 0 Å². The van der Waals surface area contributed by atoms with E-state index < -0.39 is 0 Å². The van der Waals surface area contributed by atoms with Crippen LogP contribution in [0, 0.1) is 0 Å². The predicted molar refractivity (Wildman–Crippen MR) is 205 cm³/mol. The van der Waals surface area contributed by atoms with Crippen molar-refractivity contribution in [1.29, 1.82) is 0 Å². The van der Waals surface area contributed by atoms with Crippen molar-refractivity contribution in [3.63, 3.8) is 0 Å². The average Bonchev–Trinajstić information content (AvgIpc) is 3.53. The maximum atomic E-state index is 5.21. The van der Waals surface area contributed by atoms with Crippen LogP contribution in [0.5, 0.6) is 0 Å². The van der Waals surface area contributed by atoms with E-state index in [0.717, 1.165) is 39.1 Å². The summed E-state index contributed by atoms with van der Waals surface area (Å²) in [5.41, 5.74) is 12.4. The summed E-state index contributed by atoms with van der Waals surface area (Å²) in [7, 11) is 0. The highest BCUT2D eigenvalue weighted by molar-refractivity contribution is 6.22. The highest BCUT2D eigenvalue weighted by Gasteiger charge is 2.21. The minimum Gasteiger partial charge on any atom is -0.308 e. The number of hydrogen-bond donors (Lipinski definition) is 0. The lowest BCUT2D eigenvalue weighted by atomic mass is 9.97. The third kappa shape index (κ3) is 4.37. The smallest absolute Gasteiger partial charge is 0.160 e. The number of fused-ring (bicyclic) bond motifs is 9. The molecule has 3 heterocycles. The van der Waals surface area contributed by atoms with Crippen molar-refractivity contribution in [2.45, 2.75) is 0 Å². The summed E-state index contributed by atoms with van der Waals surface area (Å²) in [6.07, 6.45) is 0. The van der Waals surface area contributed by atoms with Crippen LogP contribution >= 0.6 is 0 Å². The van der Waals surface area contributed by atoms with Crippen molar-refractivity contribution in [2.75, 3.05) is 0 Å². The Labute approximate surface area is 283 Å². The van der Waals surface area contributed by atoms with E-state index in [0.29, 0.717) is 0 Å². The minimum atomic E-state index is 0.720. The van der Waals surface area contributed by atoms with Crippen molar-refractivity contribution in [1.82, 2.24) is 14.4 Å². The molecule has 0 aliphatic rings. The standard InChI is InChI=1S/C46H29N3/c1-4-14-30(15-5-1)33-24-26-38-42(29-33)49-41-27-25-34(46-47-40-23-13-12-22-37(40)44(48-46)32-18-8-3-9-19-32)28-39(41)35-20-10-11-21-36(35)45(49)43(38)31-16-6-2-7-17-31/h1-29H. The van der Waals surface area contributed by atoms with Gasteiger partial charge in [0.2, 0.25) is 0 Å². The van der Waals surface area contributed by atoms with Gasteiger partial charge in [0, 0.05) is 38.2 Å². The van der Waals surface area contributed by atoms with Gasteiger partial charge in [-0.05, 0) is 52.4 Å². The quantitative estimate of drug-likeness (QED) is 0.183. The lowest BCUT2D eigenvalue weighted by Gasteiger charge is -2.14. The van der Waals surface area contributed by atoms with Crippen LogP contribution < -0.4 is 0 Å². The molecule has 0 unspecified atom stereocenters. The third-order valence-corrected chi connectivity index (χ3v) is 9.76. The first-order valence-corrected chi connectivity index (χ1v) is 16.7. The molecule has 0 radical (unpaired) electrons. The van der Waals surface area contributed by atoms with Gasteiger partial charge in [-0.1, -0.05) is 146 Å². The molecule has 0 bridgehead atoms. The summed E-state index contributed by atoms with van der Waals surface area (Å²) in [5.74, 6) is 0.720. The Balaban J connectivity index is 1.31. The van der Waals surface area contributed by atoms with Gasteiger partial charge < -0.3 is 4.40 Å². The topological polar surface area (TPSA) is 30.2 Å². The van der Waals surface area contributed by atoms with Crippen LogP contribution in [-0.4, -0.2) is 14.4 Å². The molecular formula is C46H29N3. The van der Waals surface area contributed by atoms with Crippen LogP contribution in [0.15, 0.2) is 176 Å². The number of para-hydroxylation sites is 1. The molecule has 0 atom stereocenters. The monoisotopic (exact) mass is 623 g/mol. The summed E-state index contributed by atoms with van der Waals surface area (Å²) in [6, 6.07) is 62.6. The average molecular weight is 624 g/mol. The van der Waals surface area contributed by atoms with Gasteiger partial charge >= 0.3 is 0 Å². The molecule has 10 rings (SSSR count). The molecule has 0 saturated carbocycles. The molecule has 0 saturated heterocycles. The Bertz CT molecular complexity index is 2850. The van der Waals surface area contributed by atoms with E-state index in [1.165, 1.54) is 54.8 Å². The van der Waals surface area contributed by atoms with Crippen molar-refractivity contribution < 1.29 is 0 Å². The van der Waals surface area contributed by atoms with Gasteiger partial charge in [0.15, 0.2) is 5.82 Å². The largest absolute Gasteiger partial charge is 0.308 e. The Morgan fingerprint density at radius 2 is 0.959 bits per heavy atom. The molecule has 0 aliphatic heterocycles. The van der Waals surface area contributed by atoms with Crippen LogP contribution in [0.1, 0.15) is 0 Å². The van der Waals surface area contributed by atoms with E-state index >= 15 is 0 Å². The molecule has 0 aliphatic carbocycles.